The number of benzene rings is 1. The Morgan fingerprint density at radius 2 is 2.11 bits per heavy atom. The number of nitrogens with zero attached hydrogens (tertiary/aromatic N) is 4. The molecule has 0 N–H and O–H groups in total. The van der Waals surface area contributed by atoms with Crippen LogP contribution in [0.5, 0.6) is 0 Å². The minimum absolute atomic E-state index is 0.464. The van der Waals surface area contributed by atoms with Crippen LogP contribution in [0.3, 0.4) is 0 Å². The van der Waals surface area contributed by atoms with E-state index in [9.17, 15) is 0 Å². The molecule has 0 atom stereocenters. The van der Waals surface area contributed by atoms with E-state index in [1.54, 1.807) is 6.20 Å². The molecular formula is C13H11ClN4. The second-order valence-electron chi connectivity index (χ2n) is 3.70. The topological polar surface area (TPSA) is 61.7 Å². The Morgan fingerprint density at radius 1 is 1.33 bits per heavy atom. The molecule has 0 aliphatic carbocycles. The molecule has 0 saturated heterocycles. The van der Waals surface area contributed by atoms with E-state index in [1.165, 1.54) is 0 Å². The summed E-state index contributed by atoms with van der Waals surface area (Å²) in [5.41, 5.74) is 9.17. The van der Waals surface area contributed by atoms with Crippen LogP contribution in [0.25, 0.3) is 27.3 Å². The monoisotopic (exact) mass is 258 g/mol. The Labute approximate surface area is 110 Å². The largest absolute Gasteiger partial charge is 0.243 e. The van der Waals surface area contributed by atoms with Crippen molar-refractivity contribution >= 4 is 28.4 Å². The minimum Gasteiger partial charge on any atom is -0.243 e. The fourth-order valence-electron chi connectivity index (χ4n) is 1.70. The van der Waals surface area contributed by atoms with E-state index in [0.29, 0.717) is 18.1 Å². The summed E-state index contributed by atoms with van der Waals surface area (Å²) < 4.78 is 0. The summed E-state index contributed by atoms with van der Waals surface area (Å²) in [7, 11) is 0. The number of hydrogen-bond donors (Lipinski definition) is 0. The van der Waals surface area contributed by atoms with E-state index in [4.69, 9.17) is 17.1 Å². The maximum absolute atomic E-state index is 8.16. The smallest absolute Gasteiger partial charge is 0.136 e. The third-order valence-corrected chi connectivity index (χ3v) is 2.83. The van der Waals surface area contributed by atoms with Crippen LogP contribution in [0, 0.1) is 0 Å². The SMILES string of the molecule is [N-]=[N+]=NCCC=Cc1cnc(Cl)c2ccccc12. The molecule has 0 aliphatic heterocycles. The molecule has 2 rings (SSSR count). The van der Waals surface area contributed by atoms with Gasteiger partial charge in [0.1, 0.15) is 5.15 Å². The highest BCUT2D eigenvalue weighted by Gasteiger charge is 2.02. The Bertz CT molecular complexity index is 630. The molecule has 0 fully saturated rings. The van der Waals surface area contributed by atoms with Crippen molar-refractivity contribution in [3.63, 3.8) is 0 Å². The van der Waals surface area contributed by atoms with Crippen molar-refractivity contribution in [2.45, 2.75) is 6.42 Å². The molecule has 18 heavy (non-hydrogen) atoms. The van der Waals surface area contributed by atoms with E-state index in [0.717, 1.165) is 16.3 Å². The first-order valence-corrected chi connectivity index (χ1v) is 5.91. The van der Waals surface area contributed by atoms with Crippen LogP contribution < -0.4 is 0 Å². The van der Waals surface area contributed by atoms with Crippen molar-refractivity contribution in [2.24, 2.45) is 5.11 Å². The summed E-state index contributed by atoms with van der Waals surface area (Å²) in [6.07, 6.45) is 6.39. The van der Waals surface area contributed by atoms with Crippen molar-refractivity contribution in [1.29, 1.82) is 0 Å². The highest BCUT2D eigenvalue weighted by Crippen LogP contribution is 2.24. The van der Waals surface area contributed by atoms with Gasteiger partial charge in [-0.25, -0.2) is 4.98 Å². The quantitative estimate of drug-likeness (QED) is 0.260. The first-order chi connectivity index (χ1) is 8.83. The second-order valence-corrected chi connectivity index (χ2v) is 4.05. The van der Waals surface area contributed by atoms with Gasteiger partial charge in [0.15, 0.2) is 0 Å². The van der Waals surface area contributed by atoms with Gasteiger partial charge in [0.2, 0.25) is 0 Å². The minimum atomic E-state index is 0.464. The van der Waals surface area contributed by atoms with Crippen molar-refractivity contribution in [1.82, 2.24) is 4.98 Å². The van der Waals surface area contributed by atoms with Crippen molar-refractivity contribution < 1.29 is 0 Å². The van der Waals surface area contributed by atoms with Crippen molar-refractivity contribution in [3.8, 4) is 0 Å². The molecule has 0 saturated carbocycles. The Balaban J connectivity index is 2.28. The number of halogens is 1. The van der Waals surface area contributed by atoms with Gasteiger partial charge in [-0.1, -0.05) is 53.1 Å². The molecule has 1 heterocycles. The van der Waals surface area contributed by atoms with E-state index in [1.807, 2.05) is 36.4 Å². The maximum Gasteiger partial charge on any atom is 0.136 e. The zero-order chi connectivity index (χ0) is 12.8. The highest BCUT2D eigenvalue weighted by atomic mass is 35.5. The summed E-state index contributed by atoms with van der Waals surface area (Å²) in [5, 5.41) is 5.99. The lowest BCUT2D eigenvalue weighted by atomic mass is 10.1. The van der Waals surface area contributed by atoms with Gasteiger partial charge in [-0.15, -0.1) is 0 Å². The summed E-state index contributed by atoms with van der Waals surface area (Å²) in [4.78, 5) is 6.86. The number of hydrogen-bond acceptors (Lipinski definition) is 2. The van der Waals surface area contributed by atoms with E-state index < -0.39 is 0 Å². The molecule has 2 aromatic rings. The number of azide groups is 1. The zero-order valence-electron chi connectivity index (χ0n) is 9.62. The summed E-state index contributed by atoms with van der Waals surface area (Å²) in [6, 6.07) is 7.86. The van der Waals surface area contributed by atoms with Crippen LogP contribution in [0.2, 0.25) is 5.15 Å². The molecule has 0 unspecified atom stereocenters. The predicted octanol–water partition coefficient (Wildman–Crippen LogP) is 4.60. The molecule has 0 radical (unpaired) electrons. The van der Waals surface area contributed by atoms with Crippen LogP contribution in [-0.2, 0) is 0 Å². The van der Waals surface area contributed by atoms with Gasteiger partial charge < -0.3 is 0 Å². The van der Waals surface area contributed by atoms with E-state index in [2.05, 4.69) is 15.0 Å². The number of pyridine rings is 1. The van der Waals surface area contributed by atoms with Gasteiger partial charge in [0.05, 0.1) is 0 Å². The Morgan fingerprint density at radius 3 is 2.89 bits per heavy atom. The molecule has 0 aliphatic rings. The molecule has 1 aromatic heterocycles. The fourth-order valence-corrected chi connectivity index (χ4v) is 1.91. The molecule has 4 nitrogen and oxygen atoms in total. The Kier molecular flexibility index (Phi) is 4.18. The third-order valence-electron chi connectivity index (χ3n) is 2.53. The third kappa shape index (κ3) is 2.80. The molecule has 1 aromatic carbocycles. The number of aromatic nitrogens is 1. The zero-order valence-corrected chi connectivity index (χ0v) is 10.4. The summed E-state index contributed by atoms with van der Waals surface area (Å²) in [6.45, 7) is 0.464. The van der Waals surface area contributed by atoms with Crippen LogP contribution in [-0.4, -0.2) is 11.5 Å². The molecular weight excluding hydrogens is 248 g/mol. The molecule has 90 valence electrons. The molecule has 0 amide bonds. The van der Waals surface area contributed by atoms with Crippen molar-refractivity contribution in [3.05, 3.63) is 57.7 Å². The lowest BCUT2D eigenvalue weighted by molar-refractivity contribution is 0.996. The standard InChI is InChI=1S/C13H11ClN4/c14-13-12-7-2-1-6-11(12)10(9-16-13)5-3-4-8-17-18-15/h1-3,5-7,9H,4,8H2. The van der Waals surface area contributed by atoms with E-state index in [-0.39, 0.29) is 0 Å². The first kappa shape index (κ1) is 12.4. The summed E-state index contributed by atoms with van der Waals surface area (Å²) in [5.74, 6) is 0. The van der Waals surface area contributed by atoms with Gasteiger partial charge in [-0.2, -0.15) is 0 Å². The van der Waals surface area contributed by atoms with Crippen molar-refractivity contribution in [2.75, 3.05) is 6.54 Å². The fraction of sp³-hybridized carbons (Fsp3) is 0.154. The van der Waals surface area contributed by atoms with Gasteiger partial charge >= 0.3 is 0 Å². The lowest BCUT2D eigenvalue weighted by Gasteiger charge is -2.03. The molecule has 0 spiro atoms. The molecule has 0 bridgehead atoms. The van der Waals surface area contributed by atoms with Crippen LogP contribution >= 0.6 is 11.6 Å². The van der Waals surface area contributed by atoms with Gasteiger partial charge in [0, 0.05) is 28.6 Å². The average molecular weight is 259 g/mol. The summed E-state index contributed by atoms with van der Waals surface area (Å²) >= 11 is 6.04. The highest BCUT2D eigenvalue weighted by molar-refractivity contribution is 6.34. The van der Waals surface area contributed by atoms with Gasteiger partial charge in [-0.3, -0.25) is 0 Å². The second kappa shape index (κ2) is 6.05. The van der Waals surface area contributed by atoms with E-state index >= 15 is 0 Å². The normalized spacial score (nSPS) is 10.7. The Hall–Kier alpha value is -2.03. The van der Waals surface area contributed by atoms with Gasteiger partial charge in [0.25, 0.3) is 0 Å². The molecule has 5 heteroatoms. The first-order valence-electron chi connectivity index (χ1n) is 5.53. The predicted molar refractivity (Wildman–Crippen MR) is 74.4 cm³/mol. The maximum atomic E-state index is 8.16. The number of rotatable bonds is 4. The number of fused-ring (bicyclic) bond motifs is 1. The van der Waals surface area contributed by atoms with Crippen LogP contribution in [0.15, 0.2) is 41.7 Å². The van der Waals surface area contributed by atoms with Crippen LogP contribution in [0.4, 0.5) is 0 Å². The van der Waals surface area contributed by atoms with Gasteiger partial charge in [-0.05, 0) is 17.3 Å². The lowest BCUT2D eigenvalue weighted by Crippen LogP contribution is -1.84. The average Bonchev–Trinajstić information content (AvgIpc) is 2.41. The van der Waals surface area contributed by atoms with Crippen LogP contribution in [0.1, 0.15) is 12.0 Å².